The summed E-state index contributed by atoms with van der Waals surface area (Å²) in [4.78, 5) is 26.8. The van der Waals surface area contributed by atoms with E-state index < -0.39 is 0 Å². The summed E-state index contributed by atoms with van der Waals surface area (Å²) in [5.74, 6) is 0.301. The standard InChI is InChI=1S/C19H21ClN4O2/c1-11-12(2)22-24(16-5-3-14(20)4-6-16)18(11)21-19(26)13-9-17(25)23(10-13)15-7-8-15/h3-6,13,15H,7-10H2,1-2H3,(H,21,26). The van der Waals surface area contributed by atoms with Crippen LogP contribution in [0.2, 0.25) is 5.02 Å². The lowest BCUT2D eigenvalue weighted by molar-refractivity contribution is -0.128. The third-order valence-electron chi connectivity index (χ3n) is 5.19. The summed E-state index contributed by atoms with van der Waals surface area (Å²) < 4.78 is 1.72. The number of nitrogens with one attached hydrogen (secondary N) is 1. The lowest BCUT2D eigenvalue weighted by atomic mass is 10.1. The van der Waals surface area contributed by atoms with Gasteiger partial charge in [0.1, 0.15) is 5.82 Å². The number of halogens is 1. The molecule has 4 rings (SSSR count). The molecule has 0 spiro atoms. The Morgan fingerprint density at radius 1 is 1.23 bits per heavy atom. The number of benzene rings is 1. The van der Waals surface area contributed by atoms with Crippen LogP contribution in [0.5, 0.6) is 0 Å². The number of carbonyl (C=O) groups excluding carboxylic acids is 2. The van der Waals surface area contributed by atoms with Crippen LogP contribution in [0.3, 0.4) is 0 Å². The predicted octanol–water partition coefficient (Wildman–Crippen LogP) is 3.09. The number of aryl methyl sites for hydroxylation is 1. The Balaban J connectivity index is 1.57. The Bertz CT molecular complexity index is 870. The van der Waals surface area contributed by atoms with Crippen LogP contribution in [0.4, 0.5) is 5.82 Å². The Morgan fingerprint density at radius 2 is 1.92 bits per heavy atom. The van der Waals surface area contributed by atoms with Gasteiger partial charge in [0.25, 0.3) is 0 Å². The fourth-order valence-corrected chi connectivity index (χ4v) is 3.51. The van der Waals surface area contributed by atoms with Crippen molar-refractivity contribution < 1.29 is 9.59 Å². The minimum absolute atomic E-state index is 0.0896. The number of amides is 2. The highest BCUT2D eigenvalue weighted by molar-refractivity contribution is 6.30. The topological polar surface area (TPSA) is 67.2 Å². The van der Waals surface area contributed by atoms with Gasteiger partial charge in [0, 0.05) is 29.6 Å². The van der Waals surface area contributed by atoms with Crippen LogP contribution >= 0.6 is 11.6 Å². The molecule has 1 atom stereocenters. The molecule has 1 N–H and O–H groups in total. The van der Waals surface area contributed by atoms with E-state index in [1.807, 2.05) is 30.9 Å². The number of carbonyl (C=O) groups is 2. The molecule has 136 valence electrons. The van der Waals surface area contributed by atoms with Gasteiger partial charge in [0.2, 0.25) is 11.8 Å². The van der Waals surface area contributed by atoms with Gasteiger partial charge in [-0.15, -0.1) is 0 Å². The molecule has 1 aliphatic carbocycles. The Hall–Kier alpha value is -2.34. The minimum Gasteiger partial charge on any atom is -0.339 e. The van der Waals surface area contributed by atoms with Gasteiger partial charge in [-0.1, -0.05) is 11.6 Å². The fraction of sp³-hybridized carbons (Fsp3) is 0.421. The number of nitrogens with zero attached hydrogens (tertiary/aromatic N) is 3. The Kier molecular flexibility index (Phi) is 4.23. The molecule has 26 heavy (non-hydrogen) atoms. The van der Waals surface area contributed by atoms with Crippen molar-refractivity contribution in [3.05, 3.63) is 40.5 Å². The van der Waals surface area contributed by atoms with E-state index in [4.69, 9.17) is 11.6 Å². The molecular formula is C19H21ClN4O2. The predicted molar refractivity (Wildman–Crippen MR) is 99.5 cm³/mol. The molecule has 1 aromatic heterocycles. The first-order valence-corrected chi connectivity index (χ1v) is 9.24. The summed E-state index contributed by atoms with van der Waals surface area (Å²) in [6, 6.07) is 7.65. The van der Waals surface area contributed by atoms with Crippen LogP contribution in [0.15, 0.2) is 24.3 Å². The van der Waals surface area contributed by atoms with E-state index in [1.165, 1.54) is 0 Å². The summed E-state index contributed by atoms with van der Waals surface area (Å²) in [6.07, 6.45) is 2.40. The molecule has 2 fully saturated rings. The molecule has 2 aliphatic rings. The van der Waals surface area contributed by atoms with Crippen LogP contribution in [0, 0.1) is 19.8 Å². The van der Waals surface area contributed by atoms with Gasteiger partial charge in [-0.3, -0.25) is 9.59 Å². The van der Waals surface area contributed by atoms with E-state index in [0.29, 0.717) is 23.4 Å². The van der Waals surface area contributed by atoms with Crippen molar-refractivity contribution in [1.29, 1.82) is 0 Å². The second-order valence-electron chi connectivity index (χ2n) is 7.11. The lowest BCUT2D eigenvalue weighted by Gasteiger charge is -2.16. The maximum atomic E-state index is 12.8. The second-order valence-corrected chi connectivity index (χ2v) is 7.55. The maximum absolute atomic E-state index is 12.8. The zero-order chi connectivity index (χ0) is 18.4. The van der Waals surface area contributed by atoms with Crippen molar-refractivity contribution in [2.45, 2.75) is 39.2 Å². The summed E-state index contributed by atoms with van der Waals surface area (Å²) in [5.41, 5.74) is 2.58. The quantitative estimate of drug-likeness (QED) is 0.896. The van der Waals surface area contributed by atoms with Crippen molar-refractivity contribution in [1.82, 2.24) is 14.7 Å². The molecule has 1 saturated heterocycles. The lowest BCUT2D eigenvalue weighted by Crippen LogP contribution is -2.30. The number of hydrogen-bond acceptors (Lipinski definition) is 3. The van der Waals surface area contributed by atoms with Crippen molar-refractivity contribution in [3.63, 3.8) is 0 Å². The van der Waals surface area contributed by atoms with Crippen LogP contribution in [-0.4, -0.2) is 39.1 Å². The van der Waals surface area contributed by atoms with Crippen molar-refractivity contribution in [3.8, 4) is 5.69 Å². The van der Waals surface area contributed by atoms with E-state index >= 15 is 0 Å². The molecule has 1 aromatic carbocycles. The molecule has 0 radical (unpaired) electrons. The molecule has 1 aliphatic heterocycles. The number of aromatic nitrogens is 2. The third kappa shape index (κ3) is 3.09. The average Bonchev–Trinajstić information content (AvgIpc) is 3.33. The highest BCUT2D eigenvalue weighted by Gasteiger charge is 2.42. The number of hydrogen-bond donors (Lipinski definition) is 1. The zero-order valence-corrected chi connectivity index (χ0v) is 15.6. The van der Waals surface area contributed by atoms with Gasteiger partial charge in [0.05, 0.1) is 17.3 Å². The molecule has 6 nitrogen and oxygen atoms in total. The monoisotopic (exact) mass is 372 g/mol. The first-order valence-electron chi connectivity index (χ1n) is 8.86. The molecule has 2 heterocycles. The fourth-order valence-electron chi connectivity index (χ4n) is 3.39. The van der Waals surface area contributed by atoms with Gasteiger partial charge >= 0.3 is 0 Å². The third-order valence-corrected chi connectivity index (χ3v) is 5.44. The van der Waals surface area contributed by atoms with Gasteiger partial charge in [-0.05, 0) is 51.0 Å². The Labute approximate surface area is 157 Å². The van der Waals surface area contributed by atoms with Gasteiger partial charge in [-0.25, -0.2) is 4.68 Å². The summed E-state index contributed by atoms with van der Waals surface area (Å²) >= 11 is 5.97. The van der Waals surface area contributed by atoms with Crippen molar-refractivity contribution in [2.75, 3.05) is 11.9 Å². The highest BCUT2D eigenvalue weighted by atomic mass is 35.5. The molecule has 0 bridgehead atoms. The van der Waals surface area contributed by atoms with Crippen LogP contribution < -0.4 is 5.32 Å². The van der Waals surface area contributed by atoms with E-state index in [1.54, 1.807) is 16.8 Å². The van der Waals surface area contributed by atoms with E-state index in [-0.39, 0.29) is 24.2 Å². The second kappa shape index (κ2) is 6.43. The molecule has 1 saturated carbocycles. The first kappa shape index (κ1) is 17.1. The van der Waals surface area contributed by atoms with Crippen LogP contribution in [-0.2, 0) is 9.59 Å². The summed E-state index contributed by atoms with van der Waals surface area (Å²) in [6.45, 7) is 4.36. The highest BCUT2D eigenvalue weighted by Crippen LogP contribution is 2.33. The van der Waals surface area contributed by atoms with E-state index in [0.717, 1.165) is 29.8 Å². The van der Waals surface area contributed by atoms with Crippen LogP contribution in [0.25, 0.3) is 5.69 Å². The number of rotatable bonds is 4. The minimum atomic E-state index is -0.309. The zero-order valence-electron chi connectivity index (χ0n) is 14.8. The largest absolute Gasteiger partial charge is 0.339 e. The summed E-state index contributed by atoms with van der Waals surface area (Å²) in [5, 5.41) is 8.19. The SMILES string of the molecule is Cc1nn(-c2ccc(Cl)cc2)c(NC(=O)C2CC(=O)N(C3CC3)C2)c1C. The summed E-state index contributed by atoms with van der Waals surface area (Å²) in [7, 11) is 0. The normalized spacial score (nSPS) is 19.9. The van der Waals surface area contributed by atoms with Gasteiger partial charge in [0.15, 0.2) is 0 Å². The molecule has 2 aromatic rings. The average molecular weight is 373 g/mol. The van der Waals surface area contributed by atoms with Crippen molar-refractivity contribution in [2.24, 2.45) is 5.92 Å². The van der Waals surface area contributed by atoms with E-state index in [9.17, 15) is 9.59 Å². The Morgan fingerprint density at radius 3 is 2.58 bits per heavy atom. The molecule has 2 amide bonds. The van der Waals surface area contributed by atoms with Gasteiger partial charge < -0.3 is 10.2 Å². The number of anilines is 1. The van der Waals surface area contributed by atoms with Crippen molar-refractivity contribution >= 4 is 29.2 Å². The first-order chi connectivity index (χ1) is 12.4. The van der Waals surface area contributed by atoms with E-state index in [2.05, 4.69) is 10.4 Å². The van der Waals surface area contributed by atoms with Crippen LogP contribution in [0.1, 0.15) is 30.5 Å². The molecule has 7 heteroatoms. The van der Waals surface area contributed by atoms with Gasteiger partial charge in [-0.2, -0.15) is 5.10 Å². The molecule has 1 unspecified atom stereocenters. The maximum Gasteiger partial charge on any atom is 0.230 e. The smallest absolute Gasteiger partial charge is 0.230 e. The number of likely N-dealkylation sites (tertiary alicyclic amines) is 1. The molecular weight excluding hydrogens is 352 g/mol.